The van der Waals surface area contributed by atoms with Crippen LogP contribution in [0.5, 0.6) is 0 Å². The molecule has 1 aliphatic heterocycles. The smallest absolute Gasteiger partial charge is 0.257 e. The van der Waals surface area contributed by atoms with Crippen LogP contribution in [0.15, 0.2) is 60.9 Å². The third-order valence-electron chi connectivity index (χ3n) is 4.81. The van der Waals surface area contributed by atoms with E-state index in [1.54, 1.807) is 12.3 Å². The van der Waals surface area contributed by atoms with Crippen molar-refractivity contribution in [2.75, 3.05) is 28.6 Å². The van der Waals surface area contributed by atoms with Crippen LogP contribution in [0.25, 0.3) is 0 Å². The molecule has 1 amide bonds. The zero-order valence-electron chi connectivity index (χ0n) is 15.7. The number of hydrogen-bond acceptors (Lipinski definition) is 4. The summed E-state index contributed by atoms with van der Waals surface area (Å²) in [6.45, 7) is 2.17. The summed E-state index contributed by atoms with van der Waals surface area (Å²) < 4.78 is 26.8. The van der Waals surface area contributed by atoms with Crippen LogP contribution < -0.4 is 15.5 Å². The van der Waals surface area contributed by atoms with Gasteiger partial charge in [-0.25, -0.2) is 8.78 Å². The van der Waals surface area contributed by atoms with Crippen molar-refractivity contribution in [1.29, 1.82) is 0 Å². The maximum atomic E-state index is 13.8. The van der Waals surface area contributed by atoms with Crippen LogP contribution in [0.4, 0.5) is 31.5 Å². The first-order valence-corrected chi connectivity index (χ1v) is 9.42. The third-order valence-corrected chi connectivity index (χ3v) is 4.81. The number of pyridine rings is 1. The number of halogens is 2. The highest BCUT2D eigenvalue weighted by Crippen LogP contribution is 2.24. The Hall–Kier alpha value is -3.48. The molecule has 4 rings (SSSR count). The summed E-state index contributed by atoms with van der Waals surface area (Å²) in [4.78, 5) is 18.8. The predicted molar refractivity (Wildman–Crippen MR) is 110 cm³/mol. The second-order valence-electron chi connectivity index (χ2n) is 6.91. The quantitative estimate of drug-likeness (QED) is 0.643. The highest BCUT2D eigenvalue weighted by molar-refractivity contribution is 6.04. The van der Waals surface area contributed by atoms with E-state index in [1.165, 1.54) is 30.8 Å². The van der Waals surface area contributed by atoms with Crippen LogP contribution in [-0.4, -0.2) is 24.0 Å². The lowest BCUT2D eigenvalue weighted by atomic mass is 10.2. The van der Waals surface area contributed by atoms with E-state index in [0.717, 1.165) is 30.9 Å². The van der Waals surface area contributed by atoms with Crippen LogP contribution in [-0.2, 0) is 0 Å². The van der Waals surface area contributed by atoms with Gasteiger partial charge in [-0.15, -0.1) is 0 Å². The summed E-state index contributed by atoms with van der Waals surface area (Å²) in [5, 5.41) is 5.64. The van der Waals surface area contributed by atoms with Gasteiger partial charge in [0.25, 0.3) is 5.91 Å². The molecule has 0 aliphatic carbocycles. The number of rotatable bonds is 5. The number of anilines is 4. The number of carbonyl (C=O) groups is 1. The lowest BCUT2D eigenvalue weighted by Crippen LogP contribution is -2.17. The first-order chi connectivity index (χ1) is 14.1. The Morgan fingerprint density at radius 3 is 2.41 bits per heavy atom. The van der Waals surface area contributed by atoms with E-state index in [9.17, 15) is 13.6 Å². The minimum absolute atomic E-state index is 0.0905. The van der Waals surface area contributed by atoms with Crippen molar-refractivity contribution < 1.29 is 13.6 Å². The predicted octanol–water partition coefficient (Wildman–Crippen LogP) is 4.96. The van der Waals surface area contributed by atoms with Crippen LogP contribution >= 0.6 is 0 Å². The van der Waals surface area contributed by atoms with Crippen LogP contribution in [0.2, 0.25) is 0 Å². The Morgan fingerprint density at radius 1 is 0.931 bits per heavy atom. The van der Waals surface area contributed by atoms with Crippen molar-refractivity contribution in [2.24, 2.45) is 0 Å². The molecule has 1 aromatic heterocycles. The molecule has 0 saturated carbocycles. The number of hydrogen-bond donors (Lipinski definition) is 2. The van der Waals surface area contributed by atoms with Crippen LogP contribution in [0, 0.1) is 11.6 Å². The van der Waals surface area contributed by atoms with Crippen molar-refractivity contribution in [3.8, 4) is 0 Å². The highest BCUT2D eigenvalue weighted by Gasteiger charge is 2.13. The summed E-state index contributed by atoms with van der Waals surface area (Å²) >= 11 is 0. The van der Waals surface area contributed by atoms with Gasteiger partial charge in [0, 0.05) is 36.7 Å². The Kier molecular flexibility index (Phi) is 5.37. The molecule has 5 nitrogen and oxygen atoms in total. The van der Waals surface area contributed by atoms with E-state index in [0.29, 0.717) is 5.69 Å². The fourth-order valence-corrected chi connectivity index (χ4v) is 3.32. The van der Waals surface area contributed by atoms with Gasteiger partial charge in [0.05, 0.1) is 23.1 Å². The zero-order valence-corrected chi connectivity index (χ0v) is 15.7. The first kappa shape index (κ1) is 18.9. The Balaban J connectivity index is 1.44. The molecule has 1 aliphatic rings. The topological polar surface area (TPSA) is 57.3 Å². The second kappa shape index (κ2) is 8.26. The van der Waals surface area contributed by atoms with E-state index < -0.39 is 17.5 Å². The van der Waals surface area contributed by atoms with Crippen molar-refractivity contribution in [1.82, 2.24) is 4.98 Å². The summed E-state index contributed by atoms with van der Waals surface area (Å²) in [6.07, 6.45) is 5.44. The minimum atomic E-state index is -0.835. The Labute approximate surface area is 167 Å². The van der Waals surface area contributed by atoms with Crippen LogP contribution in [0.3, 0.4) is 0 Å². The van der Waals surface area contributed by atoms with Gasteiger partial charge in [-0.1, -0.05) is 0 Å². The molecule has 148 valence electrons. The third kappa shape index (κ3) is 4.51. The molecule has 0 radical (unpaired) electrons. The number of benzene rings is 2. The summed E-state index contributed by atoms with van der Waals surface area (Å²) in [7, 11) is 0. The normalized spacial score (nSPS) is 13.4. The minimum Gasteiger partial charge on any atom is -0.372 e. The fourth-order valence-electron chi connectivity index (χ4n) is 3.32. The van der Waals surface area contributed by atoms with E-state index in [-0.39, 0.29) is 11.3 Å². The van der Waals surface area contributed by atoms with Crippen molar-refractivity contribution in [2.45, 2.75) is 12.8 Å². The maximum Gasteiger partial charge on any atom is 0.257 e. The van der Waals surface area contributed by atoms with Gasteiger partial charge >= 0.3 is 0 Å². The molecule has 1 fully saturated rings. The lowest BCUT2D eigenvalue weighted by Gasteiger charge is -2.18. The first-order valence-electron chi connectivity index (χ1n) is 9.42. The number of nitrogens with one attached hydrogen (secondary N) is 2. The highest BCUT2D eigenvalue weighted by atomic mass is 19.1. The molecule has 2 aromatic carbocycles. The SMILES string of the molecule is O=C(Nc1ccc(F)cc1F)c1cncc(Nc2ccc(N3CCCC3)cc2)c1. The largest absolute Gasteiger partial charge is 0.372 e. The molecule has 0 atom stereocenters. The number of amides is 1. The molecule has 0 spiro atoms. The summed E-state index contributed by atoms with van der Waals surface area (Å²) in [6, 6.07) is 12.7. The van der Waals surface area contributed by atoms with Gasteiger partial charge in [-0.05, 0) is 55.3 Å². The standard InChI is InChI=1S/C22H20F2N4O/c23-16-3-8-21(20(24)12-16)27-22(29)15-11-18(14-25-13-15)26-17-4-6-19(7-5-17)28-9-1-2-10-28/h3-8,11-14,26H,1-2,9-10H2,(H,27,29). The molecular weight excluding hydrogens is 374 g/mol. The van der Waals surface area contributed by atoms with Crippen molar-refractivity contribution >= 4 is 28.7 Å². The average molecular weight is 394 g/mol. The fraction of sp³-hybridized carbons (Fsp3) is 0.182. The number of aromatic nitrogens is 1. The monoisotopic (exact) mass is 394 g/mol. The molecule has 2 heterocycles. The number of carbonyl (C=O) groups excluding carboxylic acids is 1. The van der Waals surface area contributed by atoms with Crippen LogP contribution in [0.1, 0.15) is 23.2 Å². The van der Waals surface area contributed by atoms with Gasteiger partial charge in [0.15, 0.2) is 0 Å². The van der Waals surface area contributed by atoms with Gasteiger partial charge < -0.3 is 15.5 Å². The maximum absolute atomic E-state index is 13.8. The average Bonchev–Trinajstić information content (AvgIpc) is 3.26. The van der Waals surface area contributed by atoms with E-state index in [4.69, 9.17) is 0 Å². The molecule has 1 saturated heterocycles. The zero-order chi connectivity index (χ0) is 20.2. The summed E-state index contributed by atoms with van der Waals surface area (Å²) in [5.74, 6) is -2.07. The van der Waals surface area contributed by atoms with Gasteiger partial charge in [-0.2, -0.15) is 0 Å². The second-order valence-corrected chi connectivity index (χ2v) is 6.91. The van der Waals surface area contributed by atoms with Crippen molar-refractivity contribution in [3.63, 3.8) is 0 Å². The van der Waals surface area contributed by atoms with Gasteiger partial charge in [0.1, 0.15) is 11.6 Å². The molecule has 2 N–H and O–H groups in total. The van der Waals surface area contributed by atoms with Crippen molar-refractivity contribution in [3.05, 3.63) is 78.1 Å². The van der Waals surface area contributed by atoms with E-state index in [1.807, 2.05) is 12.1 Å². The molecule has 3 aromatic rings. The number of nitrogens with zero attached hydrogens (tertiary/aromatic N) is 2. The molecular formula is C22H20F2N4O. The molecule has 7 heteroatoms. The van der Waals surface area contributed by atoms with E-state index in [2.05, 4.69) is 32.7 Å². The molecule has 29 heavy (non-hydrogen) atoms. The van der Waals surface area contributed by atoms with E-state index >= 15 is 0 Å². The van der Waals surface area contributed by atoms with Gasteiger partial charge in [-0.3, -0.25) is 9.78 Å². The Bertz CT molecular complexity index is 1020. The lowest BCUT2D eigenvalue weighted by molar-refractivity contribution is 0.102. The molecule has 0 bridgehead atoms. The summed E-state index contributed by atoms with van der Waals surface area (Å²) in [5.41, 5.74) is 2.86. The van der Waals surface area contributed by atoms with Gasteiger partial charge in [0.2, 0.25) is 0 Å². The molecule has 0 unspecified atom stereocenters. The Morgan fingerprint density at radius 2 is 1.69 bits per heavy atom.